The van der Waals surface area contributed by atoms with E-state index in [9.17, 15) is 4.79 Å². The lowest BCUT2D eigenvalue weighted by molar-refractivity contribution is 0.0962. The first-order valence-electron chi connectivity index (χ1n) is 4.88. The molecule has 1 amide bonds. The predicted molar refractivity (Wildman–Crippen MR) is 61.8 cm³/mol. The number of rotatable bonds is 3. The van der Waals surface area contributed by atoms with Crippen molar-refractivity contribution in [2.75, 3.05) is 5.43 Å². The van der Waals surface area contributed by atoms with Gasteiger partial charge in [-0.1, -0.05) is 18.2 Å². The van der Waals surface area contributed by atoms with E-state index in [-0.39, 0.29) is 5.91 Å². The number of anilines is 1. The molecule has 1 heterocycles. The molecule has 0 unspecified atom stereocenters. The van der Waals surface area contributed by atoms with Crippen molar-refractivity contribution in [2.24, 2.45) is 0 Å². The highest BCUT2D eigenvalue weighted by molar-refractivity contribution is 5.94. The van der Waals surface area contributed by atoms with Gasteiger partial charge in [0.25, 0.3) is 5.91 Å². The van der Waals surface area contributed by atoms with Crippen LogP contribution in [0, 0.1) is 0 Å². The lowest BCUT2D eigenvalue weighted by Crippen LogP contribution is -2.29. The molecular formula is C12H11N3O. The van der Waals surface area contributed by atoms with E-state index in [1.165, 1.54) is 0 Å². The van der Waals surface area contributed by atoms with Gasteiger partial charge in [0.05, 0.1) is 5.69 Å². The number of amides is 1. The van der Waals surface area contributed by atoms with Crippen molar-refractivity contribution in [3.8, 4) is 0 Å². The van der Waals surface area contributed by atoms with Crippen molar-refractivity contribution < 1.29 is 4.79 Å². The second kappa shape index (κ2) is 4.93. The Hall–Kier alpha value is -2.36. The molecule has 0 atom stereocenters. The standard InChI is InChI=1S/C12H11N3O/c16-12(10-6-8-13-9-7-10)15-14-11-4-2-1-3-5-11/h1-9,14H,(H,15,16). The summed E-state index contributed by atoms with van der Waals surface area (Å²) < 4.78 is 0. The largest absolute Gasteiger partial charge is 0.298 e. The van der Waals surface area contributed by atoms with Crippen molar-refractivity contribution in [3.63, 3.8) is 0 Å². The smallest absolute Gasteiger partial charge is 0.269 e. The number of hydrogen-bond acceptors (Lipinski definition) is 3. The maximum atomic E-state index is 11.6. The molecule has 4 nitrogen and oxygen atoms in total. The molecule has 2 rings (SSSR count). The van der Waals surface area contributed by atoms with Gasteiger partial charge in [0.1, 0.15) is 0 Å². The summed E-state index contributed by atoms with van der Waals surface area (Å²) in [6.45, 7) is 0. The first kappa shape index (κ1) is 10.2. The van der Waals surface area contributed by atoms with Gasteiger partial charge in [-0.25, -0.2) is 0 Å². The molecule has 2 N–H and O–H groups in total. The summed E-state index contributed by atoms with van der Waals surface area (Å²) in [5.41, 5.74) is 6.83. The zero-order valence-electron chi connectivity index (χ0n) is 8.55. The Morgan fingerprint density at radius 3 is 2.38 bits per heavy atom. The molecule has 16 heavy (non-hydrogen) atoms. The van der Waals surface area contributed by atoms with Crippen LogP contribution >= 0.6 is 0 Å². The normalized spacial score (nSPS) is 9.50. The van der Waals surface area contributed by atoms with Crippen LogP contribution in [0.2, 0.25) is 0 Å². The van der Waals surface area contributed by atoms with Crippen LogP contribution in [0.3, 0.4) is 0 Å². The number of nitrogens with zero attached hydrogens (tertiary/aromatic N) is 1. The minimum Gasteiger partial charge on any atom is -0.298 e. The molecule has 0 fully saturated rings. The van der Waals surface area contributed by atoms with Crippen LogP contribution in [0.1, 0.15) is 10.4 Å². The van der Waals surface area contributed by atoms with Gasteiger partial charge < -0.3 is 0 Å². The first-order chi connectivity index (χ1) is 7.86. The molecule has 0 aliphatic carbocycles. The van der Waals surface area contributed by atoms with Crippen molar-refractivity contribution in [1.82, 2.24) is 10.4 Å². The average Bonchev–Trinajstić information content (AvgIpc) is 2.38. The van der Waals surface area contributed by atoms with Crippen molar-refractivity contribution >= 4 is 11.6 Å². The summed E-state index contributed by atoms with van der Waals surface area (Å²) in [6.07, 6.45) is 3.16. The maximum absolute atomic E-state index is 11.6. The molecule has 0 aliphatic rings. The highest BCUT2D eigenvalue weighted by Crippen LogP contribution is 2.03. The van der Waals surface area contributed by atoms with Crippen LogP contribution in [0.15, 0.2) is 54.9 Å². The summed E-state index contributed by atoms with van der Waals surface area (Å²) in [4.78, 5) is 15.5. The van der Waals surface area contributed by atoms with E-state index in [1.807, 2.05) is 30.3 Å². The highest BCUT2D eigenvalue weighted by atomic mass is 16.2. The zero-order chi connectivity index (χ0) is 11.2. The molecule has 0 bridgehead atoms. The summed E-state index contributed by atoms with van der Waals surface area (Å²) in [5, 5.41) is 0. The number of para-hydroxylation sites is 1. The number of carbonyl (C=O) groups is 1. The van der Waals surface area contributed by atoms with E-state index in [2.05, 4.69) is 15.8 Å². The van der Waals surface area contributed by atoms with E-state index < -0.39 is 0 Å². The van der Waals surface area contributed by atoms with E-state index >= 15 is 0 Å². The second-order valence-corrected chi connectivity index (χ2v) is 3.18. The van der Waals surface area contributed by atoms with Gasteiger partial charge in [-0.05, 0) is 24.3 Å². The molecule has 80 valence electrons. The molecule has 2 aromatic rings. The Kier molecular flexibility index (Phi) is 3.13. The Bertz CT molecular complexity index is 456. The molecule has 1 aromatic heterocycles. The fourth-order valence-electron chi connectivity index (χ4n) is 1.23. The summed E-state index contributed by atoms with van der Waals surface area (Å²) in [6, 6.07) is 12.7. The number of carbonyl (C=O) groups excluding carboxylic acids is 1. The minimum atomic E-state index is -0.189. The molecule has 1 aromatic carbocycles. The number of benzene rings is 1. The van der Waals surface area contributed by atoms with Crippen LogP contribution in [0.4, 0.5) is 5.69 Å². The Balaban J connectivity index is 1.95. The van der Waals surface area contributed by atoms with Crippen LogP contribution in [0.25, 0.3) is 0 Å². The maximum Gasteiger partial charge on any atom is 0.269 e. The summed E-state index contributed by atoms with van der Waals surface area (Å²) in [7, 11) is 0. The van der Waals surface area contributed by atoms with E-state index in [0.717, 1.165) is 5.69 Å². The van der Waals surface area contributed by atoms with Gasteiger partial charge in [-0.15, -0.1) is 0 Å². The molecule has 0 spiro atoms. The average molecular weight is 213 g/mol. The number of aromatic nitrogens is 1. The van der Waals surface area contributed by atoms with Gasteiger partial charge in [-0.3, -0.25) is 20.6 Å². The lowest BCUT2D eigenvalue weighted by atomic mass is 10.2. The SMILES string of the molecule is O=C(NNc1ccccc1)c1ccncc1. The Morgan fingerprint density at radius 1 is 1.00 bits per heavy atom. The number of pyridine rings is 1. The Morgan fingerprint density at radius 2 is 1.69 bits per heavy atom. The second-order valence-electron chi connectivity index (χ2n) is 3.18. The molecule has 0 saturated heterocycles. The number of hydrogen-bond donors (Lipinski definition) is 2. The molecule has 0 radical (unpaired) electrons. The topological polar surface area (TPSA) is 54.0 Å². The molecule has 4 heteroatoms. The molecule has 0 aliphatic heterocycles. The van der Waals surface area contributed by atoms with Crippen LogP contribution in [0.5, 0.6) is 0 Å². The summed E-state index contributed by atoms with van der Waals surface area (Å²) >= 11 is 0. The van der Waals surface area contributed by atoms with Gasteiger partial charge in [-0.2, -0.15) is 0 Å². The van der Waals surface area contributed by atoms with E-state index in [4.69, 9.17) is 0 Å². The van der Waals surface area contributed by atoms with Gasteiger partial charge >= 0.3 is 0 Å². The van der Waals surface area contributed by atoms with Crippen LogP contribution in [-0.2, 0) is 0 Å². The number of nitrogens with one attached hydrogen (secondary N) is 2. The van der Waals surface area contributed by atoms with Gasteiger partial charge in [0, 0.05) is 18.0 Å². The highest BCUT2D eigenvalue weighted by Gasteiger charge is 2.02. The third-order valence-electron chi connectivity index (χ3n) is 2.04. The predicted octanol–water partition coefficient (Wildman–Crippen LogP) is 1.84. The third kappa shape index (κ3) is 2.57. The fraction of sp³-hybridized carbons (Fsp3) is 0. The van der Waals surface area contributed by atoms with E-state index in [1.54, 1.807) is 24.5 Å². The minimum absolute atomic E-state index is 0.189. The van der Waals surface area contributed by atoms with Gasteiger partial charge in [0.15, 0.2) is 0 Å². The molecule has 0 saturated carbocycles. The zero-order valence-corrected chi connectivity index (χ0v) is 8.55. The van der Waals surface area contributed by atoms with Crippen LogP contribution < -0.4 is 10.9 Å². The van der Waals surface area contributed by atoms with Crippen molar-refractivity contribution in [2.45, 2.75) is 0 Å². The molecular weight excluding hydrogens is 202 g/mol. The fourth-order valence-corrected chi connectivity index (χ4v) is 1.23. The lowest BCUT2D eigenvalue weighted by Gasteiger charge is -2.07. The Labute approximate surface area is 93.3 Å². The van der Waals surface area contributed by atoms with Crippen LogP contribution in [-0.4, -0.2) is 10.9 Å². The van der Waals surface area contributed by atoms with Crippen molar-refractivity contribution in [3.05, 3.63) is 60.4 Å². The van der Waals surface area contributed by atoms with Gasteiger partial charge in [0.2, 0.25) is 0 Å². The van der Waals surface area contributed by atoms with Crippen molar-refractivity contribution in [1.29, 1.82) is 0 Å². The quantitative estimate of drug-likeness (QED) is 0.765. The third-order valence-corrected chi connectivity index (χ3v) is 2.04. The monoisotopic (exact) mass is 213 g/mol. The van der Waals surface area contributed by atoms with E-state index in [0.29, 0.717) is 5.56 Å². The first-order valence-corrected chi connectivity index (χ1v) is 4.88. The number of hydrazine groups is 1. The summed E-state index contributed by atoms with van der Waals surface area (Å²) in [5.74, 6) is -0.189.